The summed E-state index contributed by atoms with van der Waals surface area (Å²) in [4.78, 5) is 27.3. The highest BCUT2D eigenvalue weighted by atomic mass is 19.1. The van der Waals surface area contributed by atoms with Crippen LogP contribution in [-0.4, -0.2) is 36.5 Å². The molecule has 0 spiro atoms. The topological polar surface area (TPSA) is 58.6 Å². The molecule has 0 saturated heterocycles. The lowest BCUT2D eigenvalue weighted by Gasteiger charge is -2.15. The number of aryl methyl sites for hydroxylation is 2. The Bertz CT molecular complexity index is 951. The molecule has 1 heterocycles. The van der Waals surface area contributed by atoms with Crippen molar-refractivity contribution < 1.29 is 18.7 Å². The Morgan fingerprint density at radius 1 is 1.00 bits per heavy atom. The summed E-state index contributed by atoms with van der Waals surface area (Å²) in [6.07, 6.45) is 0.555. The Morgan fingerprint density at radius 2 is 1.72 bits per heavy atom. The maximum atomic E-state index is 13.4. The molecule has 1 aliphatic heterocycles. The average molecular weight is 396 g/mol. The van der Waals surface area contributed by atoms with E-state index in [-0.39, 0.29) is 29.6 Å². The van der Waals surface area contributed by atoms with Gasteiger partial charge in [-0.3, -0.25) is 14.5 Å². The molecule has 0 bridgehead atoms. The van der Waals surface area contributed by atoms with Crippen LogP contribution in [0.25, 0.3) is 5.57 Å². The number of imide groups is 1. The summed E-state index contributed by atoms with van der Waals surface area (Å²) in [6, 6.07) is 11.4. The summed E-state index contributed by atoms with van der Waals surface area (Å²) in [5.74, 6) is -1.17. The largest absolute Gasteiger partial charge is 0.382 e. The maximum Gasteiger partial charge on any atom is 0.278 e. The molecule has 152 valence electrons. The van der Waals surface area contributed by atoms with Gasteiger partial charge in [-0.05, 0) is 68.1 Å². The number of hydrogen-bond acceptors (Lipinski definition) is 4. The van der Waals surface area contributed by atoms with Crippen molar-refractivity contribution in [2.45, 2.75) is 27.2 Å². The van der Waals surface area contributed by atoms with E-state index in [0.29, 0.717) is 25.2 Å². The van der Waals surface area contributed by atoms with Crippen LogP contribution in [0, 0.1) is 19.7 Å². The van der Waals surface area contributed by atoms with Gasteiger partial charge in [-0.1, -0.05) is 18.2 Å². The first-order valence-electron chi connectivity index (χ1n) is 9.70. The van der Waals surface area contributed by atoms with Gasteiger partial charge >= 0.3 is 0 Å². The molecular weight excluding hydrogens is 371 g/mol. The SMILES string of the molecule is CCOCCCN1C(=O)C(Nc2ccc(C)c(C)c2)=C(c2ccc(F)cc2)C1=O. The predicted molar refractivity (Wildman–Crippen MR) is 111 cm³/mol. The number of anilines is 1. The van der Waals surface area contributed by atoms with E-state index in [1.165, 1.54) is 29.2 Å². The van der Waals surface area contributed by atoms with Crippen molar-refractivity contribution in [1.29, 1.82) is 0 Å². The Balaban J connectivity index is 1.95. The smallest absolute Gasteiger partial charge is 0.278 e. The minimum atomic E-state index is -0.400. The van der Waals surface area contributed by atoms with Crippen LogP contribution >= 0.6 is 0 Å². The number of halogens is 1. The molecule has 6 heteroatoms. The molecule has 2 amide bonds. The number of nitrogens with one attached hydrogen (secondary N) is 1. The third kappa shape index (κ3) is 4.54. The second kappa shape index (κ2) is 9.01. The van der Waals surface area contributed by atoms with Gasteiger partial charge in [0.2, 0.25) is 0 Å². The molecule has 0 fully saturated rings. The van der Waals surface area contributed by atoms with Crippen molar-refractivity contribution in [1.82, 2.24) is 4.90 Å². The van der Waals surface area contributed by atoms with E-state index in [4.69, 9.17) is 4.74 Å². The normalized spacial score (nSPS) is 14.1. The summed E-state index contributed by atoms with van der Waals surface area (Å²) in [6.45, 7) is 7.20. The van der Waals surface area contributed by atoms with Gasteiger partial charge in [0, 0.05) is 25.4 Å². The van der Waals surface area contributed by atoms with E-state index in [9.17, 15) is 14.0 Å². The van der Waals surface area contributed by atoms with Crippen LogP contribution in [-0.2, 0) is 14.3 Å². The lowest BCUT2D eigenvalue weighted by Crippen LogP contribution is -2.34. The third-order valence-electron chi connectivity index (χ3n) is 4.95. The number of ether oxygens (including phenoxy) is 1. The van der Waals surface area contributed by atoms with E-state index in [1.807, 2.05) is 39.0 Å². The van der Waals surface area contributed by atoms with Gasteiger partial charge in [-0.15, -0.1) is 0 Å². The van der Waals surface area contributed by atoms with E-state index in [1.54, 1.807) is 0 Å². The molecule has 0 aromatic heterocycles. The van der Waals surface area contributed by atoms with Gasteiger partial charge in [0.25, 0.3) is 11.8 Å². The fourth-order valence-corrected chi connectivity index (χ4v) is 3.21. The number of carbonyl (C=O) groups is 2. The zero-order valence-corrected chi connectivity index (χ0v) is 16.9. The molecule has 0 saturated carbocycles. The highest BCUT2D eigenvalue weighted by molar-refractivity contribution is 6.36. The Hall–Kier alpha value is -2.99. The first kappa shape index (κ1) is 20.7. The molecule has 5 nitrogen and oxygen atoms in total. The van der Waals surface area contributed by atoms with Crippen molar-refractivity contribution in [2.75, 3.05) is 25.1 Å². The molecule has 1 aliphatic rings. The van der Waals surface area contributed by atoms with Gasteiger partial charge in [0.05, 0.1) is 5.57 Å². The molecule has 29 heavy (non-hydrogen) atoms. The predicted octanol–water partition coefficient (Wildman–Crippen LogP) is 4.06. The van der Waals surface area contributed by atoms with E-state index >= 15 is 0 Å². The van der Waals surface area contributed by atoms with Crippen molar-refractivity contribution in [3.05, 3.63) is 70.7 Å². The fourth-order valence-electron chi connectivity index (χ4n) is 3.21. The second-order valence-electron chi connectivity index (χ2n) is 6.99. The Morgan fingerprint density at radius 3 is 2.38 bits per heavy atom. The monoisotopic (exact) mass is 396 g/mol. The van der Waals surface area contributed by atoms with Gasteiger partial charge in [0.1, 0.15) is 11.5 Å². The summed E-state index contributed by atoms with van der Waals surface area (Å²) in [5.41, 5.74) is 3.90. The molecule has 2 aromatic carbocycles. The van der Waals surface area contributed by atoms with Crippen molar-refractivity contribution in [2.24, 2.45) is 0 Å². The standard InChI is InChI=1S/C23H25FN2O3/c1-4-29-13-5-12-26-22(27)20(17-7-9-18(24)10-8-17)21(23(26)28)25-19-11-6-15(2)16(3)14-19/h6-11,14,25H,4-5,12-13H2,1-3H3. The second-order valence-corrected chi connectivity index (χ2v) is 6.99. The van der Waals surface area contributed by atoms with Gasteiger partial charge in [-0.25, -0.2) is 4.39 Å². The number of nitrogens with zero attached hydrogens (tertiary/aromatic N) is 1. The molecule has 3 rings (SSSR count). The van der Waals surface area contributed by atoms with E-state index in [0.717, 1.165) is 16.8 Å². The van der Waals surface area contributed by atoms with E-state index < -0.39 is 5.82 Å². The highest BCUT2D eigenvalue weighted by Gasteiger charge is 2.38. The van der Waals surface area contributed by atoms with Crippen LogP contribution in [0.4, 0.5) is 10.1 Å². The van der Waals surface area contributed by atoms with Gasteiger partial charge in [-0.2, -0.15) is 0 Å². The average Bonchev–Trinajstić information content (AvgIpc) is 2.93. The summed E-state index contributed by atoms with van der Waals surface area (Å²) in [7, 11) is 0. The molecule has 2 aromatic rings. The maximum absolute atomic E-state index is 13.4. The molecular formula is C23H25FN2O3. The third-order valence-corrected chi connectivity index (χ3v) is 4.95. The van der Waals surface area contributed by atoms with E-state index in [2.05, 4.69) is 5.32 Å². The van der Waals surface area contributed by atoms with Crippen LogP contribution in [0.2, 0.25) is 0 Å². The molecule has 0 aliphatic carbocycles. The van der Waals surface area contributed by atoms with Crippen molar-refractivity contribution in [3.63, 3.8) is 0 Å². The molecule has 0 atom stereocenters. The summed E-state index contributed by atoms with van der Waals surface area (Å²) < 4.78 is 18.7. The Labute approximate surface area is 170 Å². The van der Waals surface area contributed by atoms with Crippen LogP contribution < -0.4 is 5.32 Å². The number of hydrogen-bond donors (Lipinski definition) is 1. The minimum absolute atomic E-state index is 0.210. The first-order valence-corrected chi connectivity index (χ1v) is 9.70. The highest BCUT2D eigenvalue weighted by Crippen LogP contribution is 2.31. The van der Waals surface area contributed by atoms with Crippen LogP contribution in [0.1, 0.15) is 30.0 Å². The molecule has 1 N–H and O–H groups in total. The van der Waals surface area contributed by atoms with Gasteiger partial charge in [0.15, 0.2) is 0 Å². The Kier molecular flexibility index (Phi) is 6.44. The van der Waals surface area contributed by atoms with Crippen LogP contribution in [0.3, 0.4) is 0 Å². The minimum Gasteiger partial charge on any atom is -0.382 e. The molecule has 0 unspecified atom stereocenters. The first-order chi connectivity index (χ1) is 13.9. The molecule has 0 radical (unpaired) electrons. The van der Waals surface area contributed by atoms with Crippen molar-refractivity contribution >= 4 is 23.1 Å². The van der Waals surface area contributed by atoms with Crippen LogP contribution in [0.15, 0.2) is 48.2 Å². The fraction of sp³-hybridized carbons (Fsp3) is 0.304. The number of benzene rings is 2. The quantitative estimate of drug-likeness (QED) is 0.540. The summed E-state index contributed by atoms with van der Waals surface area (Å²) in [5, 5.41) is 3.13. The van der Waals surface area contributed by atoms with Crippen molar-refractivity contribution in [3.8, 4) is 0 Å². The number of rotatable bonds is 8. The number of carbonyl (C=O) groups excluding carboxylic acids is 2. The number of amides is 2. The van der Waals surface area contributed by atoms with Gasteiger partial charge < -0.3 is 10.1 Å². The zero-order valence-electron chi connectivity index (χ0n) is 16.9. The van der Waals surface area contributed by atoms with Crippen LogP contribution in [0.5, 0.6) is 0 Å². The lowest BCUT2D eigenvalue weighted by molar-refractivity contribution is -0.137. The zero-order chi connectivity index (χ0) is 21.0. The summed E-state index contributed by atoms with van der Waals surface area (Å²) >= 11 is 0. The lowest BCUT2D eigenvalue weighted by atomic mass is 10.0.